The molecule has 0 bridgehead atoms. The molecule has 0 aromatic carbocycles. The van der Waals surface area contributed by atoms with Gasteiger partial charge < -0.3 is 10.1 Å². The molecule has 2 heterocycles. The minimum atomic E-state index is 0.401. The summed E-state index contributed by atoms with van der Waals surface area (Å²) in [7, 11) is 4.05. The standard InChI is InChI=1S/C14H25N3O/c1-11-10-14(17(3)16-11)13(15-2)8-4-6-12-7-5-9-18-12/h10,12-13,15H,4-9H2,1-3H3. The van der Waals surface area contributed by atoms with Gasteiger partial charge in [0.25, 0.3) is 0 Å². The number of nitrogens with one attached hydrogen (secondary N) is 1. The van der Waals surface area contributed by atoms with Crippen molar-refractivity contribution in [2.45, 2.75) is 51.2 Å². The van der Waals surface area contributed by atoms with Crippen LogP contribution in [0.15, 0.2) is 6.07 Å². The molecule has 1 saturated heterocycles. The monoisotopic (exact) mass is 251 g/mol. The first-order valence-corrected chi connectivity index (χ1v) is 7.00. The van der Waals surface area contributed by atoms with Crippen LogP contribution in [0.3, 0.4) is 0 Å². The fraction of sp³-hybridized carbons (Fsp3) is 0.786. The summed E-state index contributed by atoms with van der Waals surface area (Å²) in [5.41, 5.74) is 2.37. The van der Waals surface area contributed by atoms with E-state index in [1.54, 1.807) is 0 Å². The lowest BCUT2D eigenvalue weighted by Gasteiger charge is -2.17. The lowest BCUT2D eigenvalue weighted by molar-refractivity contribution is 0.101. The molecule has 0 saturated carbocycles. The SMILES string of the molecule is CNC(CCCC1CCCO1)c1cc(C)nn1C. The maximum absolute atomic E-state index is 5.66. The first kappa shape index (κ1) is 13.6. The Hall–Kier alpha value is -0.870. The Morgan fingerprint density at radius 2 is 2.44 bits per heavy atom. The third kappa shape index (κ3) is 3.33. The highest BCUT2D eigenvalue weighted by atomic mass is 16.5. The Morgan fingerprint density at radius 3 is 3.00 bits per heavy atom. The minimum absolute atomic E-state index is 0.401. The highest BCUT2D eigenvalue weighted by Gasteiger charge is 2.18. The van der Waals surface area contributed by atoms with Crippen molar-refractivity contribution in [1.82, 2.24) is 15.1 Å². The van der Waals surface area contributed by atoms with Gasteiger partial charge in [-0.15, -0.1) is 0 Å². The summed E-state index contributed by atoms with van der Waals surface area (Å²) in [6.45, 7) is 3.00. The number of rotatable bonds is 6. The van der Waals surface area contributed by atoms with E-state index in [-0.39, 0.29) is 0 Å². The van der Waals surface area contributed by atoms with Gasteiger partial charge in [0.15, 0.2) is 0 Å². The van der Waals surface area contributed by atoms with E-state index in [0.717, 1.165) is 18.7 Å². The van der Waals surface area contributed by atoms with Gasteiger partial charge >= 0.3 is 0 Å². The smallest absolute Gasteiger partial charge is 0.0597 e. The average molecular weight is 251 g/mol. The Balaban J connectivity index is 1.83. The second-order valence-electron chi connectivity index (χ2n) is 5.24. The Kier molecular flexibility index (Phi) is 4.78. The maximum Gasteiger partial charge on any atom is 0.0597 e. The van der Waals surface area contributed by atoms with Crippen molar-refractivity contribution in [3.63, 3.8) is 0 Å². The van der Waals surface area contributed by atoms with Crippen LogP contribution < -0.4 is 5.32 Å². The van der Waals surface area contributed by atoms with E-state index in [1.165, 1.54) is 31.4 Å². The van der Waals surface area contributed by atoms with Gasteiger partial charge in [-0.05, 0) is 52.1 Å². The van der Waals surface area contributed by atoms with E-state index in [4.69, 9.17) is 4.74 Å². The van der Waals surface area contributed by atoms with Gasteiger partial charge in [0.1, 0.15) is 0 Å². The van der Waals surface area contributed by atoms with E-state index < -0.39 is 0 Å². The van der Waals surface area contributed by atoms with Crippen LogP contribution in [0.4, 0.5) is 0 Å². The third-order valence-electron chi connectivity index (χ3n) is 3.79. The zero-order valence-corrected chi connectivity index (χ0v) is 11.8. The van der Waals surface area contributed by atoms with Crippen LogP contribution >= 0.6 is 0 Å². The van der Waals surface area contributed by atoms with Crippen LogP contribution in [-0.4, -0.2) is 29.5 Å². The van der Waals surface area contributed by atoms with Crippen LogP contribution in [0.1, 0.15) is 49.5 Å². The molecule has 0 radical (unpaired) electrons. The highest BCUT2D eigenvalue weighted by Crippen LogP contribution is 2.23. The molecule has 4 heteroatoms. The van der Waals surface area contributed by atoms with E-state index in [1.807, 2.05) is 25.7 Å². The van der Waals surface area contributed by atoms with E-state index >= 15 is 0 Å². The number of nitrogens with zero attached hydrogens (tertiary/aromatic N) is 2. The Bertz CT molecular complexity index is 369. The van der Waals surface area contributed by atoms with Crippen molar-refractivity contribution in [1.29, 1.82) is 0 Å². The van der Waals surface area contributed by atoms with Gasteiger partial charge in [-0.3, -0.25) is 4.68 Å². The van der Waals surface area contributed by atoms with Crippen LogP contribution in [0.25, 0.3) is 0 Å². The molecular weight excluding hydrogens is 226 g/mol. The quantitative estimate of drug-likeness (QED) is 0.843. The molecule has 2 atom stereocenters. The number of ether oxygens (including phenoxy) is 1. The largest absolute Gasteiger partial charge is 0.378 e. The molecule has 102 valence electrons. The van der Waals surface area contributed by atoms with E-state index in [0.29, 0.717) is 12.1 Å². The van der Waals surface area contributed by atoms with Crippen LogP contribution in [0.5, 0.6) is 0 Å². The molecule has 0 spiro atoms. The molecule has 1 fully saturated rings. The molecule has 2 rings (SSSR count). The summed E-state index contributed by atoms with van der Waals surface area (Å²) in [6, 6.07) is 2.57. The molecule has 18 heavy (non-hydrogen) atoms. The lowest BCUT2D eigenvalue weighted by atomic mass is 10.0. The molecule has 2 unspecified atom stereocenters. The zero-order chi connectivity index (χ0) is 13.0. The molecule has 4 nitrogen and oxygen atoms in total. The molecule has 1 aliphatic rings. The Morgan fingerprint density at radius 1 is 1.61 bits per heavy atom. The van der Waals surface area contributed by atoms with Crippen molar-refractivity contribution >= 4 is 0 Å². The van der Waals surface area contributed by atoms with Gasteiger partial charge in [0.05, 0.1) is 17.5 Å². The second-order valence-corrected chi connectivity index (χ2v) is 5.24. The predicted octanol–water partition coefficient (Wildman–Crippen LogP) is 2.34. The lowest BCUT2D eigenvalue weighted by Crippen LogP contribution is -2.20. The first-order chi connectivity index (χ1) is 8.70. The summed E-state index contributed by atoms with van der Waals surface area (Å²) in [5, 5.41) is 7.81. The molecule has 0 aliphatic carbocycles. The third-order valence-corrected chi connectivity index (χ3v) is 3.79. The molecule has 1 N–H and O–H groups in total. The van der Waals surface area contributed by atoms with Crippen molar-refractivity contribution in [2.75, 3.05) is 13.7 Å². The highest BCUT2D eigenvalue weighted by molar-refractivity contribution is 5.12. The number of hydrogen-bond acceptors (Lipinski definition) is 3. The molecule has 0 amide bonds. The molecule has 1 aliphatic heterocycles. The molecular formula is C14H25N3O. The normalized spacial score (nSPS) is 21.4. The van der Waals surface area contributed by atoms with Crippen molar-refractivity contribution in [3.05, 3.63) is 17.5 Å². The predicted molar refractivity (Wildman–Crippen MR) is 72.6 cm³/mol. The molecule has 1 aromatic rings. The fourth-order valence-corrected chi connectivity index (χ4v) is 2.82. The van der Waals surface area contributed by atoms with Crippen LogP contribution in [0.2, 0.25) is 0 Å². The van der Waals surface area contributed by atoms with Crippen molar-refractivity contribution in [3.8, 4) is 0 Å². The van der Waals surface area contributed by atoms with Gasteiger partial charge in [-0.1, -0.05) is 0 Å². The summed E-state index contributed by atoms with van der Waals surface area (Å²) in [5.74, 6) is 0. The summed E-state index contributed by atoms with van der Waals surface area (Å²) in [6.07, 6.45) is 6.54. The van der Waals surface area contributed by atoms with E-state index in [9.17, 15) is 0 Å². The maximum atomic E-state index is 5.66. The first-order valence-electron chi connectivity index (χ1n) is 7.00. The number of hydrogen-bond donors (Lipinski definition) is 1. The number of aryl methyl sites for hydroxylation is 2. The van der Waals surface area contributed by atoms with Gasteiger partial charge in [-0.2, -0.15) is 5.10 Å². The average Bonchev–Trinajstić information content (AvgIpc) is 2.95. The van der Waals surface area contributed by atoms with Crippen molar-refractivity contribution < 1.29 is 4.74 Å². The fourth-order valence-electron chi connectivity index (χ4n) is 2.82. The summed E-state index contributed by atoms with van der Waals surface area (Å²) in [4.78, 5) is 0. The van der Waals surface area contributed by atoms with Gasteiger partial charge in [0.2, 0.25) is 0 Å². The summed E-state index contributed by atoms with van der Waals surface area (Å²) < 4.78 is 7.65. The Labute approximate surface area is 110 Å². The van der Waals surface area contributed by atoms with Gasteiger partial charge in [0, 0.05) is 19.7 Å². The van der Waals surface area contributed by atoms with Crippen LogP contribution in [-0.2, 0) is 11.8 Å². The van der Waals surface area contributed by atoms with Gasteiger partial charge in [-0.25, -0.2) is 0 Å². The van der Waals surface area contributed by atoms with Crippen LogP contribution in [0, 0.1) is 6.92 Å². The van der Waals surface area contributed by atoms with Crippen molar-refractivity contribution in [2.24, 2.45) is 7.05 Å². The zero-order valence-electron chi connectivity index (χ0n) is 11.8. The second kappa shape index (κ2) is 6.34. The minimum Gasteiger partial charge on any atom is -0.378 e. The summed E-state index contributed by atoms with van der Waals surface area (Å²) >= 11 is 0. The topological polar surface area (TPSA) is 39.1 Å². The molecule has 1 aromatic heterocycles. The number of aromatic nitrogens is 2. The van der Waals surface area contributed by atoms with E-state index in [2.05, 4.69) is 16.5 Å².